The molecular weight excluding hydrogens is 568 g/mol. The SMILES string of the molecule is CC(C)CN(C(CO)CCCCNC(=O)C(NC(=O)O)C(c1ccccc1)c1ccccc1)S(=O)(=O)c1ccc(N)cc1. The van der Waals surface area contributed by atoms with E-state index in [4.69, 9.17) is 5.73 Å². The van der Waals surface area contributed by atoms with Crippen LogP contribution in [0.25, 0.3) is 0 Å². The first-order chi connectivity index (χ1) is 20.5. The highest BCUT2D eigenvalue weighted by Crippen LogP contribution is 2.29. The molecule has 6 N–H and O–H groups in total. The lowest BCUT2D eigenvalue weighted by atomic mass is 9.84. The summed E-state index contributed by atoms with van der Waals surface area (Å²) in [6.07, 6.45) is 0.0897. The second-order valence-corrected chi connectivity index (χ2v) is 12.8. The van der Waals surface area contributed by atoms with Crippen LogP contribution >= 0.6 is 0 Å². The number of nitrogen functional groups attached to an aromatic ring is 1. The van der Waals surface area contributed by atoms with Crippen LogP contribution < -0.4 is 16.4 Å². The number of aliphatic hydroxyl groups excluding tert-OH is 1. The van der Waals surface area contributed by atoms with E-state index in [0.29, 0.717) is 24.9 Å². The second-order valence-electron chi connectivity index (χ2n) is 10.9. The number of aliphatic hydroxyl groups is 1. The van der Waals surface area contributed by atoms with Crippen molar-refractivity contribution >= 4 is 27.7 Å². The van der Waals surface area contributed by atoms with E-state index < -0.39 is 40.0 Å². The quantitative estimate of drug-likeness (QED) is 0.121. The zero-order valence-electron chi connectivity index (χ0n) is 24.6. The van der Waals surface area contributed by atoms with Crippen LogP contribution in [0, 0.1) is 5.92 Å². The number of nitrogens with two attached hydrogens (primary N) is 1. The van der Waals surface area contributed by atoms with Crippen molar-refractivity contribution in [1.82, 2.24) is 14.9 Å². The van der Waals surface area contributed by atoms with Gasteiger partial charge >= 0.3 is 6.09 Å². The smallest absolute Gasteiger partial charge is 0.405 e. The maximum atomic E-state index is 13.5. The predicted octanol–water partition coefficient (Wildman–Crippen LogP) is 4.03. The minimum absolute atomic E-state index is 0.0257. The fraction of sp³-hybridized carbons (Fsp3) is 0.375. The maximum absolute atomic E-state index is 13.5. The molecule has 0 fully saturated rings. The van der Waals surface area contributed by atoms with Crippen LogP contribution in [0.1, 0.15) is 50.2 Å². The Balaban J connectivity index is 1.68. The van der Waals surface area contributed by atoms with Crippen LogP contribution in [-0.2, 0) is 14.8 Å². The summed E-state index contributed by atoms with van der Waals surface area (Å²) in [6, 6.07) is 22.8. The molecule has 0 spiro atoms. The van der Waals surface area contributed by atoms with Crippen molar-refractivity contribution in [3.8, 4) is 0 Å². The number of carboxylic acid groups (broad SMARTS) is 1. The van der Waals surface area contributed by atoms with Crippen molar-refractivity contribution in [2.75, 3.05) is 25.4 Å². The van der Waals surface area contributed by atoms with Gasteiger partial charge in [-0.2, -0.15) is 4.31 Å². The van der Waals surface area contributed by atoms with Crippen LogP contribution in [0.4, 0.5) is 10.5 Å². The highest BCUT2D eigenvalue weighted by Gasteiger charge is 2.33. The molecule has 11 heteroatoms. The van der Waals surface area contributed by atoms with Gasteiger partial charge < -0.3 is 26.6 Å². The monoisotopic (exact) mass is 610 g/mol. The molecule has 0 aliphatic rings. The van der Waals surface area contributed by atoms with Crippen LogP contribution in [0.5, 0.6) is 0 Å². The van der Waals surface area contributed by atoms with Crippen LogP contribution in [0.15, 0.2) is 89.8 Å². The molecule has 0 aromatic heterocycles. The number of benzene rings is 3. The van der Waals surface area contributed by atoms with E-state index in [1.807, 2.05) is 74.5 Å². The normalized spacial score (nSPS) is 13.2. The molecule has 0 aliphatic heterocycles. The summed E-state index contributed by atoms with van der Waals surface area (Å²) in [7, 11) is -3.88. The summed E-state index contributed by atoms with van der Waals surface area (Å²) in [4.78, 5) is 25.2. The molecule has 2 unspecified atom stereocenters. The van der Waals surface area contributed by atoms with Crippen molar-refractivity contribution in [2.45, 2.75) is 56.0 Å². The third-order valence-electron chi connectivity index (χ3n) is 7.13. The lowest BCUT2D eigenvalue weighted by molar-refractivity contribution is -0.123. The van der Waals surface area contributed by atoms with Crippen molar-refractivity contribution in [3.05, 3.63) is 96.1 Å². The molecule has 2 atom stereocenters. The van der Waals surface area contributed by atoms with Gasteiger partial charge in [-0.1, -0.05) is 80.9 Å². The van der Waals surface area contributed by atoms with E-state index in [9.17, 15) is 28.2 Å². The Morgan fingerprint density at radius 3 is 1.93 bits per heavy atom. The first kappa shape index (κ1) is 33.6. The largest absolute Gasteiger partial charge is 0.465 e. The zero-order chi connectivity index (χ0) is 31.4. The van der Waals surface area contributed by atoms with Crippen molar-refractivity contribution in [1.29, 1.82) is 0 Å². The van der Waals surface area contributed by atoms with E-state index in [1.54, 1.807) is 0 Å². The summed E-state index contributed by atoms with van der Waals surface area (Å²) >= 11 is 0. The minimum Gasteiger partial charge on any atom is -0.465 e. The van der Waals surface area contributed by atoms with Crippen molar-refractivity contribution in [2.24, 2.45) is 5.92 Å². The molecule has 3 aromatic carbocycles. The fourth-order valence-corrected chi connectivity index (χ4v) is 6.87. The number of carbonyl (C=O) groups is 2. The van der Waals surface area contributed by atoms with E-state index in [0.717, 1.165) is 11.1 Å². The van der Waals surface area contributed by atoms with Gasteiger partial charge in [0, 0.05) is 30.7 Å². The van der Waals surface area contributed by atoms with Crippen LogP contribution in [0.2, 0.25) is 0 Å². The molecule has 10 nitrogen and oxygen atoms in total. The van der Waals surface area contributed by atoms with E-state index in [2.05, 4.69) is 10.6 Å². The second kappa shape index (κ2) is 16.1. The van der Waals surface area contributed by atoms with Crippen molar-refractivity contribution in [3.63, 3.8) is 0 Å². The van der Waals surface area contributed by atoms with Gasteiger partial charge in [-0.15, -0.1) is 0 Å². The standard InChI is InChI=1S/C32H42N4O6S/c1-23(2)21-36(43(41,42)28-18-16-26(33)17-19-28)27(22-37)15-9-10-20-34-31(38)30(35-32(39)40)29(24-11-5-3-6-12-24)25-13-7-4-8-14-25/h3-8,11-14,16-19,23,27,29-30,35,37H,9-10,15,20-22,33H2,1-2H3,(H,34,38)(H,39,40). The highest BCUT2D eigenvalue weighted by molar-refractivity contribution is 7.89. The number of hydrogen-bond acceptors (Lipinski definition) is 6. The topological polar surface area (TPSA) is 162 Å². The number of nitrogens with one attached hydrogen (secondary N) is 2. The predicted molar refractivity (Wildman–Crippen MR) is 167 cm³/mol. The molecule has 3 aromatic rings. The van der Waals surface area contributed by atoms with Gasteiger partial charge in [0.15, 0.2) is 0 Å². The number of amides is 2. The lowest BCUT2D eigenvalue weighted by Crippen LogP contribution is -2.50. The van der Waals surface area contributed by atoms with Gasteiger partial charge in [0.1, 0.15) is 6.04 Å². The number of nitrogens with zero attached hydrogens (tertiary/aromatic N) is 1. The number of anilines is 1. The van der Waals surface area contributed by atoms with Gasteiger partial charge in [-0.25, -0.2) is 13.2 Å². The third kappa shape index (κ3) is 9.54. The van der Waals surface area contributed by atoms with Gasteiger partial charge in [0.25, 0.3) is 0 Å². The number of unbranched alkanes of at least 4 members (excludes halogenated alkanes) is 1. The van der Waals surface area contributed by atoms with Gasteiger partial charge in [-0.3, -0.25) is 4.79 Å². The highest BCUT2D eigenvalue weighted by atomic mass is 32.2. The molecule has 0 saturated carbocycles. The molecule has 0 bridgehead atoms. The number of sulfonamides is 1. The summed E-state index contributed by atoms with van der Waals surface area (Å²) in [6.45, 7) is 3.95. The van der Waals surface area contributed by atoms with E-state index in [1.165, 1.54) is 28.6 Å². The maximum Gasteiger partial charge on any atom is 0.405 e. The molecule has 43 heavy (non-hydrogen) atoms. The first-order valence-corrected chi connectivity index (χ1v) is 15.8. The third-order valence-corrected chi connectivity index (χ3v) is 9.06. The summed E-state index contributed by atoms with van der Waals surface area (Å²) in [5, 5.41) is 25.0. The van der Waals surface area contributed by atoms with Crippen LogP contribution in [-0.4, -0.2) is 66.7 Å². The Morgan fingerprint density at radius 1 is 0.884 bits per heavy atom. The number of rotatable bonds is 16. The molecule has 232 valence electrons. The Labute approximate surface area is 254 Å². The Bertz CT molecular complexity index is 1360. The first-order valence-electron chi connectivity index (χ1n) is 14.4. The molecule has 3 rings (SSSR count). The fourth-order valence-electron chi connectivity index (χ4n) is 5.06. The average molecular weight is 611 g/mol. The molecule has 0 aliphatic carbocycles. The van der Waals surface area contributed by atoms with Crippen LogP contribution in [0.3, 0.4) is 0 Å². The lowest BCUT2D eigenvalue weighted by Gasteiger charge is -2.31. The van der Waals surface area contributed by atoms with Gasteiger partial charge in [0.2, 0.25) is 15.9 Å². The summed E-state index contributed by atoms with van der Waals surface area (Å²) < 4.78 is 28.3. The Morgan fingerprint density at radius 2 is 1.44 bits per heavy atom. The molecule has 0 radical (unpaired) electrons. The van der Waals surface area contributed by atoms with Gasteiger partial charge in [-0.05, 0) is 54.2 Å². The Hall–Kier alpha value is -3.93. The van der Waals surface area contributed by atoms with Gasteiger partial charge in [0.05, 0.1) is 11.5 Å². The Kier molecular flexibility index (Phi) is 12.5. The average Bonchev–Trinajstić information content (AvgIpc) is 2.98. The van der Waals surface area contributed by atoms with E-state index in [-0.39, 0.29) is 30.5 Å². The van der Waals surface area contributed by atoms with Crippen molar-refractivity contribution < 1.29 is 28.2 Å². The number of carbonyl (C=O) groups excluding carboxylic acids is 1. The molecule has 0 heterocycles. The summed E-state index contributed by atoms with van der Waals surface area (Å²) in [5.41, 5.74) is 7.77. The minimum atomic E-state index is -3.88. The van der Waals surface area contributed by atoms with E-state index >= 15 is 0 Å². The molecular formula is C32H42N4O6S. The number of hydrogen-bond donors (Lipinski definition) is 5. The molecule has 0 saturated heterocycles. The summed E-state index contributed by atoms with van der Waals surface area (Å²) in [5.74, 6) is -0.996. The molecule has 2 amide bonds. The zero-order valence-corrected chi connectivity index (χ0v) is 25.4.